The van der Waals surface area contributed by atoms with Crippen molar-refractivity contribution in [3.05, 3.63) is 43.9 Å². The first-order chi connectivity index (χ1) is 11.5. The van der Waals surface area contributed by atoms with E-state index < -0.39 is 24.2 Å². The number of hydrogen-bond donors (Lipinski definition) is 0. The van der Waals surface area contributed by atoms with Gasteiger partial charge in [0.2, 0.25) is 0 Å². The molecule has 6 heteroatoms. The zero-order valence-electron chi connectivity index (χ0n) is 18.7. The van der Waals surface area contributed by atoms with E-state index in [9.17, 15) is 0 Å². The molecule has 153 valence electrons. The molecule has 1 aromatic carbocycles. The Balaban J connectivity index is 0.00000338. The van der Waals surface area contributed by atoms with E-state index in [1.165, 1.54) is 38.8 Å². The maximum atomic E-state index is 7.03. The van der Waals surface area contributed by atoms with Crippen LogP contribution in [0.4, 0.5) is 0 Å². The second-order valence-electron chi connectivity index (χ2n) is 8.84. The molecule has 0 saturated heterocycles. The van der Waals surface area contributed by atoms with Crippen LogP contribution in [0.1, 0.15) is 56.4 Å². The van der Waals surface area contributed by atoms with Crippen LogP contribution in [0, 0.1) is 20.8 Å². The Morgan fingerprint density at radius 1 is 1.00 bits per heavy atom. The average molecular weight is 480 g/mol. The zero-order chi connectivity index (χ0) is 19.1. The molecule has 0 bridgehead atoms. The second-order valence-corrected chi connectivity index (χ2v) is 22.1. The van der Waals surface area contributed by atoms with Gasteiger partial charge in [0.25, 0.3) is 0 Å². The molecule has 0 heterocycles. The molecule has 0 unspecified atom stereocenters. The summed E-state index contributed by atoms with van der Waals surface area (Å²) in [5, 5.41) is 1.51. The molecule has 0 N–H and O–H groups in total. The van der Waals surface area contributed by atoms with Gasteiger partial charge in [0.05, 0.1) is 0 Å². The Bertz CT molecular complexity index is 750. The molecule has 1 aliphatic rings. The normalized spacial score (nSPS) is 13.7. The minimum Gasteiger partial charge on any atom is -0.147 e. The van der Waals surface area contributed by atoms with Gasteiger partial charge in [0.15, 0.2) is 0 Å². The Labute approximate surface area is 189 Å². The van der Waals surface area contributed by atoms with E-state index in [0.29, 0.717) is 0 Å². The van der Waals surface area contributed by atoms with Gasteiger partial charge in [-0.15, -0.1) is 24.8 Å². The van der Waals surface area contributed by atoms with Crippen LogP contribution in [-0.2, 0) is 22.9 Å². The Hall–Kier alpha value is 0.228. The molecule has 0 fully saturated rings. The summed E-state index contributed by atoms with van der Waals surface area (Å²) in [5.74, 6) is 1.27. The molecule has 0 aliphatic heterocycles. The van der Waals surface area contributed by atoms with Crippen LogP contribution in [0.3, 0.4) is 0 Å². The van der Waals surface area contributed by atoms with Crippen LogP contribution in [0.2, 0.25) is 13.1 Å². The van der Waals surface area contributed by atoms with Crippen LogP contribution in [-0.4, -0.2) is 16.9 Å². The van der Waals surface area contributed by atoms with Crippen molar-refractivity contribution in [2.45, 2.75) is 73.4 Å². The summed E-state index contributed by atoms with van der Waals surface area (Å²) in [6, 6.07) is 0. The van der Waals surface area contributed by atoms with Crippen molar-refractivity contribution in [1.29, 1.82) is 0 Å². The van der Waals surface area contributed by atoms with E-state index in [4.69, 9.17) is 3.32 Å². The van der Waals surface area contributed by atoms with E-state index in [-0.39, 0.29) is 30.2 Å². The molecule has 0 radical (unpaired) electrons. The topological polar surface area (TPSA) is 9.23 Å². The standard InChI is InChI=1S/C13H22OSi.C6H7.C2H7Si.2ClH.Ti/c1-7-8(2)10(13(4,5)6)12(15)11(14)9(7)3;1-6-4-2-3-5-6;1-3-2;;;/h14H,1-6,15H3;2,4H,3H2,1H3;3H,1-2H3;2*1H;/q;;;;;+1/p-1. The second kappa shape index (κ2) is 10.3. The third-order valence-corrected chi connectivity index (χ3v) is 16.9. The van der Waals surface area contributed by atoms with Crippen LogP contribution in [0.5, 0.6) is 5.75 Å². The summed E-state index contributed by atoms with van der Waals surface area (Å²) in [5.41, 5.74) is 7.50. The molecule has 27 heavy (non-hydrogen) atoms. The summed E-state index contributed by atoms with van der Waals surface area (Å²) in [4.78, 5) is 0. The number of rotatable bonds is 4. The first kappa shape index (κ1) is 27.2. The number of halogens is 2. The minimum absolute atomic E-state index is 0. The molecule has 1 nitrogen and oxygen atoms in total. The monoisotopic (exact) mass is 479 g/mol. The van der Waals surface area contributed by atoms with Gasteiger partial charge in [-0.3, -0.25) is 0 Å². The van der Waals surface area contributed by atoms with Crippen molar-refractivity contribution in [1.82, 2.24) is 0 Å². The van der Waals surface area contributed by atoms with E-state index in [1.54, 1.807) is 3.88 Å². The van der Waals surface area contributed by atoms with Gasteiger partial charge in [0, 0.05) is 0 Å². The fraction of sp³-hybridized carbons (Fsp3) is 0.524. The average Bonchev–Trinajstić information content (AvgIpc) is 2.89. The molecule has 1 aliphatic carbocycles. The molecule has 0 amide bonds. The van der Waals surface area contributed by atoms with Gasteiger partial charge in [-0.25, -0.2) is 0 Å². The number of allylic oxidation sites excluding steroid dienone is 4. The van der Waals surface area contributed by atoms with Gasteiger partial charge in [-0.05, 0) is 0 Å². The maximum Gasteiger partial charge on any atom is -0.147 e. The van der Waals surface area contributed by atoms with Crippen molar-refractivity contribution < 1.29 is 20.8 Å². The van der Waals surface area contributed by atoms with Gasteiger partial charge in [0.1, 0.15) is 0 Å². The van der Waals surface area contributed by atoms with Crippen molar-refractivity contribution in [2.75, 3.05) is 0 Å². The predicted molar refractivity (Wildman–Crippen MR) is 129 cm³/mol. The quantitative estimate of drug-likeness (QED) is 0.559. The predicted octanol–water partition coefficient (Wildman–Crippen LogP) is 4.87. The van der Waals surface area contributed by atoms with Crippen molar-refractivity contribution >= 4 is 46.9 Å². The number of benzene rings is 1. The molecule has 1 aromatic rings. The molecular formula is C21H37Cl2OSi2Ti. The van der Waals surface area contributed by atoms with Crippen LogP contribution in [0.25, 0.3) is 0 Å². The fourth-order valence-corrected chi connectivity index (χ4v) is 15.5. The van der Waals surface area contributed by atoms with Gasteiger partial charge in [-0.2, -0.15) is 0 Å². The fourth-order valence-electron chi connectivity index (χ4n) is 4.14. The Morgan fingerprint density at radius 2 is 1.56 bits per heavy atom. The van der Waals surface area contributed by atoms with Crippen molar-refractivity contribution in [2.24, 2.45) is 0 Å². The van der Waals surface area contributed by atoms with Crippen LogP contribution in [0.15, 0.2) is 21.6 Å². The van der Waals surface area contributed by atoms with E-state index in [1.807, 2.05) is 0 Å². The summed E-state index contributed by atoms with van der Waals surface area (Å²) in [6.07, 6.45) is 5.77. The summed E-state index contributed by atoms with van der Waals surface area (Å²) < 4.78 is 8.71. The number of hydrogen-bond acceptors (Lipinski definition) is 1. The van der Waals surface area contributed by atoms with Gasteiger partial charge < -0.3 is 0 Å². The molecule has 0 saturated carbocycles. The first-order valence-electron chi connectivity index (χ1n) is 9.49. The Kier molecular flexibility index (Phi) is 10.4. The minimum atomic E-state index is -1.66. The van der Waals surface area contributed by atoms with E-state index in [0.717, 1.165) is 16.7 Å². The van der Waals surface area contributed by atoms with Gasteiger partial charge in [-0.1, -0.05) is 0 Å². The third kappa shape index (κ3) is 5.64. The van der Waals surface area contributed by atoms with Crippen molar-refractivity contribution in [3.8, 4) is 5.75 Å². The van der Waals surface area contributed by atoms with Crippen LogP contribution >= 0.6 is 24.8 Å². The van der Waals surface area contributed by atoms with Crippen molar-refractivity contribution in [3.63, 3.8) is 0 Å². The summed E-state index contributed by atoms with van der Waals surface area (Å²) >= 11 is -1.66. The summed E-state index contributed by atoms with van der Waals surface area (Å²) in [7, 11) is 1.05. The molecular weight excluding hydrogens is 443 g/mol. The Morgan fingerprint density at radius 3 is 1.96 bits per heavy atom. The molecule has 0 spiro atoms. The largest absolute Gasteiger partial charge is 0.147 e. The molecule has 0 atom stereocenters. The van der Waals surface area contributed by atoms with Crippen LogP contribution < -0.4 is 8.51 Å². The molecule has 2 rings (SSSR count). The van der Waals surface area contributed by atoms with Gasteiger partial charge >= 0.3 is 166 Å². The molecule has 0 aromatic heterocycles. The van der Waals surface area contributed by atoms with E-state index >= 15 is 0 Å². The zero-order valence-corrected chi connectivity index (χ0v) is 25.0. The van der Waals surface area contributed by atoms with E-state index in [2.05, 4.69) is 73.7 Å². The first-order valence-corrected chi connectivity index (χ1v) is 17.5. The maximum absolute atomic E-state index is 7.03. The third-order valence-electron chi connectivity index (χ3n) is 5.51. The SMILES string of the molecule is CC1=[C]([Ti]([O]c2c(C)c(C)c(C)c(C(C)(C)C)c2[SiH3])[SiH](C)C)CC=C1.Cl.Cl. The summed E-state index contributed by atoms with van der Waals surface area (Å²) in [6.45, 7) is 20.3. The smallest absolute Gasteiger partial charge is 0.147 e.